The zero-order valence-electron chi connectivity index (χ0n) is 16.3. The van der Waals surface area contributed by atoms with Crippen LogP contribution in [0.1, 0.15) is 10.4 Å². The van der Waals surface area contributed by atoms with E-state index in [0.29, 0.717) is 5.69 Å². The van der Waals surface area contributed by atoms with Crippen molar-refractivity contribution in [1.29, 1.82) is 0 Å². The van der Waals surface area contributed by atoms with Crippen molar-refractivity contribution in [3.05, 3.63) is 46.0 Å². The Morgan fingerprint density at radius 2 is 1.70 bits per heavy atom. The molecule has 0 atom stereocenters. The summed E-state index contributed by atoms with van der Waals surface area (Å²) in [5.74, 6) is -1.95. The van der Waals surface area contributed by atoms with Gasteiger partial charge in [-0.3, -0.25) is 29.4 Å². The highest BCUT2D eigenvalue weighted by Gasteiger charge is 2.42. The first-order chi connectivity index (χ1) is 14.3. The molecule has 0 fully saturated rings. The van der Waals surface area contributed by atoms with Crippen LogP contribution < -0.4 is 24.4 Å². The lowest BCUT2D eigenvalue weighted by molar-refractivity contribution is -0.384. The number of hydrogen-bond acceptors (Lipinski definition) is 8. The predicted molar refractivity (Wildman–Crippen MR) is 105 cm³/mol. The fraction of sp³-hybridized carbons (Fsp3) is 0.211. The molecule has 2 aromatic carbocycles. The van der Waals surface area contributed by atoms with E-state index in [2.05, 4.69) is 5.32 Å². The van der Waals surface area contributed by atoms with Gasteiger partial charge in [-0.25, -0.2) is 0 Å². The summed E-state index contributed by atoms with van der Waals surface area (Å²) < 4.78 is 15.7. The van der Waals surface area contributed by atoms with Gasteiger partial charge in [-0.15, -0.1) is 0 Å². The largest absolute Gasteiger partial charge is 0.493 e. The molecule has 2 aromatic rings. The highest BCUT2D eigenvalue weighted by Crippen LogP contribution is 2.47. The molecule has 2 amide bonds. The number of nitrogens with zero attached hydrogens (tertiary/aromatic N) is 2. The van der Waals surface area contributed by atoms with Gasteiger partial charge in [0.25, 0.3) is 17.4 Å². The molecule has 0 unspecified atom stereocenters. The summed E-state index contributed by atoms with van der Waals surface area (Å²) in [7, 11) is 4.07. The summed E-state index contributed by atoms with van der Waals surface area (Å²) >= 11 is 0. The molecule has 0 radical (unpaired) electrons. The van der Waals surface area contributed by atoms with E-state index < -0.39 is 29.1 Å². The van der Waals surface area contributed by atoms with Gasteiger partial charge in [-0.05, 0) is 12.1 Å². The van der Waals surface area contributed by atoms with E-state index in [4.69, 9.17) is 14.2 Å². The number of methoxy groups -OCH3 is 3. The van der Waals surface area contributed by atoms with Crippen LogP contribution in [0.2, 0.25) is 0 Å². The topological polar surface area (TPSA) is 137 Å². The molecule has 0 saturated heterocycles. The lowest BCUT2D eigenvalue weighted by Crippen LogP contribution is -2.37. The second-order valence-electron chi connectivity index (χ2n) is 6.11. The van der Waals surface area contributed by atoms with Crippen LogP contribution in [0.3, 0.4) is 0 Å². The number of carbonyl (C=O) groups excluding carboxylic acids is 3. The number of carbonyl (C=O) groups is 3. The fourth-order valence-corrected chi connectivity index (χ4v) is 3.08. The maximum absolute atomic E-state index is 12.5. The normalized spacial score (nSPS) is 12.4. The molecule has 30 heavy (non-hydrogen) atoms. The number of benzene rings is 2. The van der Waals surface area contributed by atoms with Crippen molar-refractivity contribution in [3.63, 3.8) is 0 Å². The SMILES string of the molecule is COc1cc2c(c(OC)c1OC)C(=O)C(=O)N2CC(=O)Nc1ccc([N+](=O)[O-])cc1. The van der Waals surface area contributed by atoms with Crippen molar-refractivity contribution in [2.75, 3.05) is 38.1 Å². The van der Waals surface area contributed by atoms with Gasteiger partial charge < -0.3 is 19.5 Å². The Kier molecular flexibility index (Phi) is 5.54. The standard InChI is InChI=1S/C19H17N3O8/c1-28-13-8-12-15(18(30-3)17(13)29-2)16(24)19(25)21(12)9-14(23)20-10-4-6-11(7-5-10)22(26)27/h4-8H,9H2,1-3H3,(H,20,23). The Balaban J connectivity index is 1.89. The minimum atomic E-state index is -0.905. The number of rotatable bonds is 7. The number of nitro groups is 1. The van der Waals surface area contributed by atoms with Crippen molar-refractivity contribution in [2.24, 2.45) is 0 Å². The number of amides is 2. The molecule has 1 aliphatic rings. The van der Waals surface area contributed by atoms with E-state index in [1.807, 2.05) is 0 Å². The average molecular weight is 415 g/mol. The first-order valence-corrected chi connectivity index (χ1v) is 8.55. The van der Waals surface area contributed by atoms with Crippen LogP contribution in [-0.2, 0) is 9.59 Å². The Morgan fingerprint density at radius 3 is 2.23 bits per heavy atom. The lowest BCUT2D eigenvalue weighted by Gasteiger charge is -2.19. The summed E-state index contributed by atoms with van der Waals surface area (Å²) in [6.45, 7) is -0.465. The fourth-order valence-electron chi connectivity index (χ4n) is 3.08. The van der Waals surface area contributed by atoms with Gasteiger partial charge in [0.1, 0.15) is 6.54 Å². The molecule has 1 aliphatic heterocycles. The van der Waals surface area contributed by atoms with Gasteiger partial charge in [0.2, 0.25) is 11.7 Å². The maximum Gasteiger partial charge on any atom is 0.300 e. The van der Waals surface area contributed by atoms with Gasteiger partial charge in [-0.1, -0.05) is 0 Å². The minimum Gasteiger partial charge on any atom is -0.493 e. The number of nitro benzene ring substituents is 1. The van der Waals surface area contributed by atoms with Crippen LogP contribution in [0.5, 0.6) is 17.2 Å². The van der Waals surface area contributed by atoms with Crippen LogP contribution in [0.25, 0.3) is 0 Å². The van der Waals surface area contributed by atoms with E-state index in [0.717, 1.165) is 4.90 Å². The molecule has 11 heteroatoms. The summed E-state index contributed by atoms with van der Waals surface area (Å²) in [6, 6.07) is 6.60. The van der Waals surface area contributed by atoms with Crippen molar-refractivity contribution in [1.82, 2.24) is 0 Å². The third-order valence-corrected chi connectivity index (χ3v) is 4.43. The second-order valence-corrected chi connectivity index (χ2v) is 6.11. The quantitative estimate of drug-likeness (QED) is 0.410. The van der Waals surface area contributed by atoms with Crippen molar-refractivity contribution in [3.8, 4) is 17.2 Å². The first-order valence-electron chi connectivity index (χ1n) is 8.55. The number of Topliss-reactive ketones (excluding diaryl/α,β-unsaturated/α-hetero) is 1. The molecule has 0 saturated carbocycles. The second kappa shape index (κ2) is 8.07. The summed E-state index contributed by atoms with van der Waals surface area (Å²) in [6.07, 6.45) is 0. The van der Waals surface area contributed by atoms with Crippen LogP contribution >= 0.6 is 0 Å². The molecule has 0 bridgehead atoms. The van der Waals surface area contributed by atoms with Crippen LogP contribution in [0, 0.1) is 10.1 Å². The van der Waals surface area contributed by atoms with Crippen LogP contribution in [-0.4, -0.2) is 50.4 Å². The maximum atomic E-state index is 12.5. The molecule has 156 valence electrons. The number of ketones is 1. The zero-order valence-corrected chi connectivity index (χ0v) is 16.3. The van der Waals surface area contributed by atoms with Gasteiger partial charge in [0.15, 0.2) is 11.5 Å². The third kappa shape index (κ3) is 3.48. The van der Waals surface area contributed by atoms with E-state index in [9.17, 15) is 24.5 Å². The van der Waals surface area contributed by atoms with Gasteiger partial charge >= 0.3 is 0 Å². The monoisotopic (exact) mass is 415 g/mol. The van der Waals surface area contributed by atoms with E-state index in [1.54, 1.807) is 0 Å². The lowest BCUT2D eigenvalue weighted by atomic mass is 10.1. The highest BCUT2D eigenvalue weighted by atomic mass is 16.6. The Hall–Kier alpha value is -4.15. The minimum absolute atomic E-state index is 0.0247. The molecule has 1 N–H and O–H groups in total. The van der Waals surface area contributed by atoms with Gasteiger partial charge in [0.05, 0.1) is 37.5 Å². The molecule has 0 aliphatic carbocycles. The van der Waals surface area contributed by atoms with Crippen molar-refractivity contribution >= 4 is 34.7 Å². The molecular weight excluding hydrogens is 398 g/mol. The summed E-state index contributed by atoms with van der Waals surface area (Å²) in [5, 5.41) is 13.2. The third-order valence-electron chi connectivity index (χ3n) is 4.43. The molecule has 0 spiro atoms. The van der Waals surface area contributed by atoms with Gasteiger partial charge in [-0.2, -0.15) is 0 Å². The number of non-ortho nitro benzene ring substituents is 1. The van der Waals surface area contributed by atoms with Crippen molar-refractivity contribution in [2.45, 2.75) is 0 Å². The van der Waals surface area contributed by atoms with E-state index in [1.165, 1.54) is 51.7 Å². The number of nitrogens with one attached hydrogen (secondary N) is 1. The summed E-state index contributed by atoms with van der Waals surface area (Å²) in [4.78, 5) is 48.6. The Bertz CT molecular complexity index is 1050. The molecule has 11 nitrogen and oxygen atoms in total. The highest BCUT2D eigenvalue weighted by molar-refractivity contribution is 6.53. The van der Waals surface area contributed by atoms with Gasteiger partial charge in [0, 0.05) is 23.9 Å². The predicted octanol–water partition coefficient (Wildman–Crippen LogP) is 1.79. The van der Waals surface area contributed by atoms with E-state index >= 15 is 0 Å². The zero-order chi connectivity index (χ0) is 22.0. The molecule has 3 rings (SSSR count). The van der Waals surface area contributed by atoms with Crippen LogP contribution in [0.4, 0.5) is 17.1 Å². The number of fused-ring (bicyclic) bond motifs is 1. The Labute approximate surface area is 170 Å². The number of hydrogen-bond donors (Lipinski definition) is 1. The summed E-state index contributed by atoms with van der Waals surface area (Å²) in [5.41, 5.74) is 0.297. The molecular formula is C19H17N3O8. The smallest absolute Gasteiger partial charge is 0.300 e. The van der Waals surface area contributed by atoms with E-state index in [-0.39, 0.29) is 34.2 Å². The molecule has 1 heterocycles. The average Bonchev–Trinajstić information content (AvgIpc) is 2.97. The molecule has 0 aromatic heterocycles. The number of anilines is 2. The first kappa shape index (κ1) is 20.6. The van der Waals surface area contributed by atoms with Crippen LogP contribution in [0.15, 0.2) is 30.3 Å². The Morgan fingerprint density at radius 1 is 1.07 bits per heavy atom. The number of ether oxygens (including phenoxy) is 3. The van der Waals surface area contributed by atoms with Crippen molar-refractivity contribution < 1.29 is 33.5 Å².